The summed E-state index contributed by atoms with van der Waals surface area (Å²) in [7, 11) is 2.75. The van der Waals surface area contributed by atoms with Crippen molar-refractivity contribution in [3.8, 4) is 5.75 Å². The van der Waals surface area contributed by atoms with E-state index in [9.17, 15) is 22.8 Å². The number of nitrogens with zero attached hydrogens (tertiary/aromatic N) is 2. The second-order valence-electron chi connectivity index (χ2n) is 8.26. The van der Waals surface area contributed by atoms with Gasteiger partial charge in [0.1, 0.15) is 16.6 Å². The van der Waals surface area contributed by atoms with Crippen LogP contribution < -0.4 is 15.4 Å². The molecule has 0 saturated heterocycles. The number of anilines is 2. The van der Waals surface area contributed by atoms with Crippen LogP contribution in [0.1, 0.15) is 62.3 Å². The number of thiophene rings is 1. The fraction of sp³-hybridized carbons (Fsp3) is 0.375. The molecular weight excluding hydrogens is 497 g/mol. The van der Waals surface area contributed by atoms with E-state index in [0.717, 1.165) is 15.1 Å². The summed E-state index contributed by atoms with van der Waals surface area (Å²) in [5, 5.41) is 9.95. The number of hydrogen-bond acceptors (Lipinski definition) is 7. The van der Waals surface area contributed by atoms with Gasteiger partial charge in [0.05, 0.1) is 25.8 Å². The number of benzene rings is 1. The lowest BCUT2D eigenvalue weighted by atomic mass is 9.97. The third-order valence-electron chi connectivity index (χ3n) is 6.12. The minimum Gasteiger partial charge on any atom is -0.497 e. The maximum absolute atomic E-state index is 14.0. The van der Waals surface area contributed by atoms with Crippen LogP contribution >= 0.6 is 11.3 Å². The minimum absolute atomic E-state index is 0.0688. The molecule has 8 nitrogen and oxygen atoms in total. The normalized spacial score (nSPS) is 17.2. The molecule has 0 fully saturated rings. The lowest BCUT2D eigenvalue weighted by molar-refractivity contribution is -0.173. The van der Waals surface area contributed by atoms with E-state index in [2.05, 4.69) is 15.7 Å². The average molecular weight is 523 g/mol. The molecule has 0 spiro atoms. The molecule has 1 aliphatic rings. The van der Waals surface area contributed by atoms with Gasteiger partial charge < -0.3 is 20.1 Å². The number of ether oxygens (including phenoxy) is 2. The number of aryl methyl sites for hydroxylation is 1. The van der Waals surface area contributed by atoms with Crippen molar-refractivity contribution in [3.63, 3.8) is 0 Å². The Morgan fingerprint density at radius 2 is 1.94 bits per heavy atom. The molecule has 36 heavy (non-hydrogen) atoms. The minimum atomic E-state index is -4.58. The number of aromatic nitrogens is 2. The second-order valence-corrected chi connectivity index (χ2v) is 9.49. The van der Waals surface area contributed by atoms with E-state index in [-0.39, 0.29) is 28.5 Å². The number of halogens is 3. The average Bonchev–Trinajstić information content (AvgIpc) is 3.42. The summed E-state index contributed by atoms with van der Waals surface area (Å²) >= 11 is 1.20. The number of alkyl halides is 3. The SMILES string of the molecule is CCc1c(C)sc(NC(=O)c2cc3n(n2)[C@@H](C(F)(F)F)C[C@H](c2ccc(OC)cc2)N3)c1C(=O)OC. The fourth-order valence-corrected chi connectivity index (χ4v) is 5.45. The molecule has 192 valence electrons. The fourth-order valence-electron chi connectivity index (χ4n) is 4.32. The number of fused-ring (bicyclic) bond motifs is 1. The molecule has 1 aromatic carbocycles. The summed E-state index contributed by atoms with van der Waals surface area (Å²) in [6.07, 6.45) is -4.34. The Morgan fingerprint density at radius 3 is 2.53 bits per heavy atom. The molecule has 2 N–H and O–H groups in total. The molecule has 0 aliphatic carbocycles. The number of rotatable bonds is 6. The lowest BCUT2D eigenvalue weighted by Crippen LogP contribution is -2.35. The van der Waals surface area contributed by atoms with Gasteiger partial charge in [-0.05, 0) is 36.6 Å². The predicted molar refractivity (Wildman–Crippen MR) is 129 cm³/mol. The Labute approximate surface area is 209 Å². The zero-order chi connectivity index (χ0) is 26.2. The van der Waals surface area contributed by atoms with E-state index in [1.165, 1.54) is 31.6 Å². The van der Waals surface area contributed by atoms with Crippen LogP contribution in [-0.4, -0.2) is 42.1 Å². The van der Waals surface area contributed by atoms with Gasteiger partial charge in [-0.1, -0.05) is 19.1 Å². The van der Waals surface area contributed by atoms with Gasteiger partial charge in [-0.25, -0.2) is 9.48 Å². The van der Waals surface area contributed by atoms with E-state index in [1.807, 2.05) is 13.8 Å². The number of carbonyl (C=O) groups excluding carboxylic acids is 2. The Morgan fingerprint density at radius 1 is 1.25 bits per heavy atom. The van der Waals surface area contributed by atoms with Gasteiger partial charge in [0.2, 0.25) is 0 Å². The number of carbonyl (C=O) groups is 2. The van der Waals surface area contributed by atoms with Crippen molar-refractivity contribution < 1.29 is 32.2 Å². The van der Waals surface area contributed by atoms with Crippen LogP contribution in [-0.2, 0) is 11.2 Å². The quantitative estimate of drug-likeness (QED) is 0.414. The van der Waals surface area contributed by atoms with Crippen molar-refractivity contribution in [3.05, 3.63) is 57.6 Å². The zero-order valence-corrected chi connectivity index (χ0v) is 20.8. The summed E-state index contributed by atoms with van der Waals surface area (Å²) < 4.78 is 52.8. The van der Waals surface area contributed by atoms with Crippen molar-refractivity contribution in [2.75, 3.05) is 24.9 Å². The van der Waals surface area contributed by atoms with Gasteiger partial charge in [0.15, 0.2) is 11.7 Å². The van der Waals surface area contributed by atoms with Crippen LogP contribution in [0.2, 0.25) is 0 Å². The molecule has 0 radical (unpaired) electrons. The summed E-state index contributed by atoms with van der Waals surface area (Å²) in [4.78, 5) is 26.2. The van der Waals surface area contributed by atoms with Gasteiger partial charge in [-0.2, -0.15) is 18.3 Å². The predicted octanol–water partition coefficient (Wildman–Crippen LogP) is 5.52. The third kappa shape index (κ3) is 4.77. The van der Waals surface area contributed by atoms with Gasteiger partial charge in [-0.3, -0.25) is 4.79 Å². The van der Waals surface area contributed by atoms with Gasteiger partial charge >= 0.3 is 12.1 Å². The van der Waals surface area contributed by atoms with Crippen molar-refractivity contribution in [2.24, 2.45) is 0 Å². The van der Waals surface area contributed by atoms with E-state index >= 15 is 0 Å². The van der Waals surface area contributed by atoms with E-state index in [4.69, 9.17) is 9.47 Å². The van der Waals surface area contributed by atoms with Crippen LogP contribution in [0.25, 0.3) is 0 Å². The first-order valence-corrected chi connectivity index (χ1v) is 12.0. The van der Waals surface area contributed by atoms with Crippen LogP contribution in [0, 0.1) is 6.92 Å². The van der Waals surface area contributed by atoms with E-state index < -0.39 is 30.1 Å². The molecule has 3 aromatic rings. The molecule has 2 atom stereocenters. The van der Waals surface area contributed by atoms with Gasteiger partial charge in [0, 0.05) is 17.4 Å². The Hall–Kier alpha value is -3.54. The number of esters is 1. The Balaban J connectivity index is 1.65. The highest BCUT2D eigenvalue weighted by atomic mass is 32.1. The Kier molecular flexibility index (Phi) is 6.98. The van der Waals surface area contributed by atoms with E-state index in [1.54, 1.807) is 24.3 Å². The first kappa shape index (κ1) is 25.5. The van der Waals surface area contributed by atoms with Crippen molar-refractivity contribution in [1.29, 1.82) is 0 Å². The summed E-state index contributed by atoms with van der Waals surface area (Å²) in [6, 6.07) is 5.45. The highest BCUT2D eigenvalue weighted by Crippen LogP contribution is 2.44. The monoisotopic (exact) mass is 522 g/mol. The molecule has 2 aromatic heterocycles. The van der Waals surface area contributed by atoms with Crippen LogP contribution in [0.3, 0.4) is 0 Å². The third-order valence-corrected chi connectivity index (χ3v) is 7.18. The number of methoxy groups -OCH3 is 2. The zero-order valence-electron chi connectivity index (χ0n) is 20.0. The maximum Gasteiger partial charge on any atom is 0.410 e. The molecule has 3 heterocycles. The number of nitrogens with one attached hydrogen (secondary N) is 2. The largest absolute Gasteiger partial charge is 0.497 e. The highest BCUT2D eigenvalue weighted by molar-refractivity contribution is 7.16. The molecule has 0 saturated carbocycles. The summed E-state index contributed by atoms with van der Waals surface area (Å²) in [5.74, 6) is -0.668. The van der Waals surface area contributed by atoms with Gasteiger partial charge in [-0.15, -0.1) is 11.3 Å². The lowest BCUT2D eigenvalue weighted by Gasteiger charge is -2.33. The molecule has 0 unspecified atom stereocenters. The molecular formula is C24H25F3N4O4S. The Bertz CT molecular complexity index is 1280. The van der Waals surface area contributed by atoms with Crippen molar-refractivity contribution in [1.82, 2.24) is 9.78 Å². The highest BCUT2D eigenvalue weighted by Gasteiger charge is 2.47. The molecule has 0 bridgehead atoms. The molecule has 12 heteroatoms. The first-order chi connectivity index (χ1) is 17.1. The van der Waals surface area contributed by atoms with Crippen LogP contribution in [0.4, 0.5) is 24.0 Å². The smallest absolute Gasteiger partial charge is 0.410 e. The number of amides is 1. The summed E-state index contributed by atoms with van der Waals surface area (Å²) in [6.45, 7) is 3.69. The molecule has 4 rings (SSSR count). The van der Waals surface area contributed by atoms with Crippen LogP contribution in [0.5, 0.6) is 5.75 Å². The number of hydrogen-bond donors (Lipinski definition) is 2. The topological polar surface area (TPSA) is 94.5 Å². The second kappa shape index (κ2) is 9.84. The van der Waals surface area contributed by atoms with Crippen LogP contribution in [0.15, 0.2) is 30.3 Å². The van der Waals surface area contributed by atoms with Crippen molar-refractivity contribution in [2.45, 2.75) is 44.9 Å². The van der Waals surface area contributed by atoms with Gasteiger partial charge in [0.25, 0.3) is 5.91 Å². The standard InChI is InChI=1S/C24H25F3N4O4S/c1-5-15-12(2)36-22(20(15)23(33)35-4)29-21(32)17-11-19-28-16(13-6-8-14(34-3)9-7-13)10-18(24(25,26)27)31(19)30-17/h6-9,11,16,18,28H,5,10H2,1-4H3,(H,29,32)/t16-,18-/m1/s1. The maximum atomic E-state index is 14.0. The first-order valence-electron chi connectivity index (χ1n) is 11.2. The molecule has 1 aliphatic heterocycles. The molecule has 1 amide bonds. The summed E-state index contributed by atoms with van der Waals surface area (Å²) in [5.41, 5.74) is 1.42. The van der Waals surface area contributed by atoms with E-state index in [0.29, 0.717) is 17.7 Å². The van der Waals surface area contributed by atoms with Crippen molar-refractivity contribution >= 4 is 34.0 Å².